The van der Waals surface area contributed by atoms with Crippen LogP contribution in [0.4, 0.5) is 0 Å². The highest BCUT2D eigenvalue weighted by atomic mass is 35.5. The van der Waals surface area contributed by atoms with Crippen LogP contribution in [0.1, 0.15) is 42.9 Å². The van der Waals surface area contributed by atoms with Crippen molar-refractivity contribution in [1.29, 1.82) is 0 Å². The first-order chi connectivity index (χ1) is 7.52. The second kappa shape index (κ2) is 8.34. The monoisotopic (exact) mass is 297 g/mol. The predicted octanol–water partition coefficient (Wildman–Crippen LogP) is 2.07. The molecule has 0 atom stereocenters. The zero-order valence-electron chi connectivity index (χ0n) is 10.9. The van der Waals surface area contributed by atoms with Gasteiger partial charge in [0.1, 0.15) is 0 Å². The van der Waals surface area contributed by atoms with E-state index >= 15 is 0 Å². The summed E-state index contributed by atoms with van der Waals surface area (Å²) in [5, 5.41) is 2.77. The summed E-state index contributed by atoms with van der Waals surface area (Å²) < 4.78 is 4.99. The Hall–Kier alpha value is -0.780. The number of amides is 1. The highest BCUT2D eigenvalue weighted by Gasteiger charge is 2.22. The third kappa shape index (κ3) is 4.84. The maximum Gasteiger partial charge on any atom is 0.289 e. The first-order valence-electron chi connectivity index (χ1n) is 5.49. The van der Waals surface area contributed by atoms with Gasteiger partial charge in [-0.3, -0.25) is 4.79 Å². The van der Waals surface area contributed by atoms with E-state index in [0.717, 1.165) is 12.8 Å². The highest BCUT2D eigenvalue weighted by Crippen LogP contribution is 2.10. The van der Waals surface area contributed by atoms with Crippen molar-refractivity contribution in [1.82, 2.24) is 10.3 Å². The summed E-state index contributed by atoms with van der Waals surface area (Å²) >= 11 is 0. The molecule has 5 nitrogen and oxygen atoms in total. The highest BCUT2D eigenvalue weighted by molar-refractivity contribution is 5.92. The molecule has 1 amide bonds. The number of hydrogen-bond acceptors (Lipinski definition) is 4. The summed E-state index contributed by atoms with van der Waals surface area (Å²) in [5.74, 6) is 0.00119. The number of hydrogen-bond donors (Lipinski definition) is 2. The van der Waals surface area contributed by atoms with Crippen LogP contribution in [0.2, 0.25) is 0 Å². The molecule has 1 aromatic rings. The molecule has 1 aromatic heterocycles. The third-order valence-corrected chi connectivity index (χ3v) is 2.96. The Morgan fingerprint density at radius 3 is 2.39 bits per heavy atom. The molecule has 3 N–H and O–H groups in total. The van der Waals surface area contributed by atoms with Gasteiger partial charge in [-0.25, -0.2) is 4.98 Å². The van der Waals surface area contributed by atoms with Crippen LogP contribution in [0.3, 0.4) is 0 Å². The fourth-order valence-corrected chi connectivity index (χ4v) is 1.36. The van der Waals surface area contributed by atoms with Crippen LogP contribution in [0.25, 0.3) is 0 Å². The third-order valence-electron chi connectivity index (χ3n) is 2.96. The molecule has 1 rings (SSSR count). The van der Waals surface area contributed by atoms with Crippen molar-refractivity contribution in [2.75, 3.05) is 6.54 Å². The molecule has 7 heteroatoms. The number of aromatic nitrogens is 1. The van der Waals surface area contributed by atoms with Crippen LogP contribution in [-0.2, 0) is 0 Å². The predicted molar refractivity (Wildman–Crippen MR) is 75.6 cm³/mol. The Labute approximate surface area is 120 Å². The number of oxazole rings is 1. The zero-order valence-corrected chi connectivity index (χ0v) is 12.5. The molecule has 18 heavy (non-hydrogen) atoms. The topological polar surface area (TPSA) is 81.1 Å². The fraction of sp³-hybridized carbons (Fsp3) is 0.636. The Morgan fingerprint density at radius 2 is 2.00 bits per heavy atom. The van der Waals surface area contributed by atoms with E-state index in [1.807, 2.05) is 13.8 Å². The van der Waals surface area contributed by atoms with E-state index in [-0.39, 0.29) is 42.0 Å². The van der Waals surface area contributed by atoms with Gasteiger partial charge in [-0.2, -0.15) is 0 Å². The van der Waals surface area contributed by atoms with Crippen molar-refractivity contribution in [2.24, 2.45) is 5.73 Å². The van der Waals surface area contributed by atoms with Crippen molar-refractivity contribution >= 4 is 30.7 Å². The lowest BCUT2D eigenvalue weighted by Crippen LogP contribution is -2.49. The molecule has 0 aliphatic rings. The fourth-order valence-electron chi connectivity index (χ4n) is 1.36. The van der Waals surface area contributed by atoms with Crippen molar-refractivity contribution < 1.29 is 9.21 Å². The standard InChI is InChI=1S/C11H19N3O2.2ClH/c1-4-11(12,5-2)6-13-10(15)9-8(3)14-7-16-9;;/h7H,4-6,12H2,1-3H3,(H,13,15);2*1H. The minimum absolute atomic E-state index is 0. The summed E-state index contributed by atoms with van der Waals surface area (Å²) in [6.45, 7) is 6.19. The molecular weight excluding hydrogens is 277 g/mol. The second-order valence-corrected chi connectivity index (χ2v) is 4.02. The second-order valence-electron chi connectivity index (χ2n) is 4.02. The maximum absolute atomic E-state index is 11.7. The number of carbonyl (C=O) groups is 1. The summed E-state index contributed by atoms with van der Waals surface area (Å²) in [6, 6.07) is 0. The van der Waals surface area contributed by atoms with Gasteiger partial charge >= 0.3 is 0 Å². The molecule has 0 saturated carbocycles. The van der Waals surface area contributed by atoms with Gasteiger partial charge in [-0.1, -0.05) is 13.8 Å². The van der Waals surface area contributed by atoms with E-state index in [4.69, 9.17) is 10.2 Å². The molecule has 0 unspecified atom stereocenters. The molecule has 0 aliphatic heterocycles. The molecule has 0 spiro atoms. The molecule has 0 aliphatic carbocycles. The summed E-state index contributed by atoms with van der Waals surface area (Å²) in [5.41, 5.74) is 6.32. The van der Waals surface area contributed by atoms with E-state index in [1.54, 1.807) is 6.92 Å². The lowest BCUT2D eigenvalue weighted by atomic mass is 9.94. The van der Waals surface area contributed by atoms with E-state index in [1.165, 1.54) is 6.39 Å². The van der Waals surface area contributed by atoms with E-state index in [2.05, 4.69) is 10.3 Å². The number of halogens is 2. The zero-order chi connectivity index (χ0) is 12.2. The van der Waals surface area contributed by atoms with Gasteiger partial charge in [-0.05, 0) is 19.8 Å². The normalized spacial score (nSPS) is 10.2. The van der Waals surface area contributed by atoms with Gasteiger partial charge < -0.3 is 15.5 Å². The number of nitrogens with one attached hydrogen (secondary N) is 1. The summed E-state index contributed by atoms with van der Waals surface area (Å²) in [4.78, 5) is 15.6. The Kier molecular flexibility index (Phi) is 9.07. The smallest absolute Gasteiger partial charge is 0.289 e. The molecule has 1 heterocycles. The van der Waals surface area contributed by atoms with Gasteiger partial charge in [0.15, 0.2) is 6.39 Å². The average Bonchev–Trinajstić information content (AvgIpc) is 2.72. The quantitative estimate of drug-likeness (QED) is 0.872. The van der Waals surface area contributed by atoms with Gasteiger partial charge in [-0.15, -0.1) is 24.8 Å². The van der Waals surface area contributed by atoms with Crippen LogP contribution in [-0.4, -0.2) is 23.0 Å². The molecule has 0 fully saturated rings. The number of rotatable bonds is 5. The minimum Gasteiger partial charge on any atom is -0.438 e. The molecule has 0 bridgehead atoms. The van der Waals surface area contributed by atoms with E-state index in [0.29, 0.717) is 12.2 Å². The van der Waals surface area contributed by atoms with Gasteiger partial charge in [0.2, 0.25) is 5.76 Å². The summed E-state index contributed by atoms with van der Waals surface area (Å²) in [7, 11) is 0. The number of carbonyl (C=O) groups excluding carboxylic acids is 1. The molecule has 0 radical (unpaired) electrons. The average molecular weight is 298 g/mol. The number of aryl methyl sites for hydroxylation is 1. The summed E-state index contributed by atoms with van der Waals surface area (Å²) in [6.07, 6.45) is 2.90. The minimum atomic E-state index is -0.344. The SMILES string of the molecule is CCC(N)(CC)CNC(=O)c1ocnc1C.Cl.Cl. The molecular formula is C11H21Cl2N3O2. The van der Waals surface area contributed by atoms with Gasteiger partial charge in [0.25, 0.3) is 5.91 Å². The number of nitrogens with two attached hydrogens (primary N) is 1. The van der Waals surface area contributed by atoms with Crippen LogP contribution in [0.5, 0.6) is 0 Å². The first kappa shape index (κ1) is 19.6. The Bertz CT molecular complexity index is 365. The molecule has 106 valence electrons. The van der Waals surface area contributed by atoms with E-state index < -0.39 is 0 Å². The van der Waals surface area contributed by atoms with Gasteiger partial charge in [0, 0.05) is 12.1 Å². The maximum atomic E-state index is 11.7. The van der Waals surface area contributed by atoms with Crippen LogP contribution in [0, 0.1) is 6.92 Å². The van der Waals surface area contributed by atoms with Crippen molar-refractivity contribution in [3.05, 3.63) is 17.8 Å². The lowest BCUT2D eigenvalue weighted by Gasteiger charge is -2.26. The Morgan fingerprint density at radius 1 is 1.44 bits per heavy atom. The lowest BCUT2D eigenvalue weighted by molar-refractivity contribution is 0.0913. The van der Waals surface area contributed by atoms with Crippen molar-refractivity contribution in [3.8, 4) is 0 Å². The van der Waals surface area contributed by atoms with Crippen LogP contribution in [0.15, 0.2) is 10.8 Å². The van der Waals surface area contributed by atoms with Gasteiger partial charge in [0.05, 0.1) is 5.69 Å². The molecule has 0 aromatic carbocycles. The Balaban J connectivity index is 0. The first-order valence-corrected chi connectivity index (χ1v) is 5.49. The number of nitrogens with zero attached hydrogens (tertiary/aromatic N) is 1. The van der Waals surface area contributed by atoms with Crippen LogP contribution < -0.4 is 11.1 Å². The van der Waals surface area contributed by atoms with Crippen molar-refractivity contribution in [2.45, 2.75) is 39.2 Å². The van der Waals surface area contributed by atoms with Crippen LogP contribution >= 0.6 is 24.8 Å². The largest absolute Gasteiger partial charge is 0.438 e. The van der Waals surface area contributed by atoms with E-state index in [9.17, 15) is 4.79 Å². The molecule has 0 saturated heterocycles. The van der Waals surface area contributed by atoms with Crippen molar-refractivity contribution in [3.63, 3.8) is 0 Å².